The summed E-state index contributed by atoms with van der Waals surface area (Å²) in [4.78, 5) is 35.8. The number of carbonyl (C=O) groups excluding carboxylic acids is 3. The Balaban J connectivity index is 1.35. The Morgan fingerprint density at radius 2 is 1.50 bits per heavy atom. The van der Waals surface area contributed by atoms with Gasteiger partial charge in [-0.15, -0.1) is 0 Å². The van der Waals surface area contributed by atoms with E-state index in [1.54, 1.807) is 12.1 Å². The smallest absolute Gasteiger partial charge is 0.325 e. The van der Waals surface area contributed by atoms with Gasteiger partial charge in [0, 0.05) is 12.1 Å². The molecule has 1 saturated carbocycles. The van der Waals surface area contributed by atoms with Crippen LogP contribution in [0.5, 0.6) is 0 Å². The first kappa shape index (κ1) is 21.6. The molecule has 0 spiro atoms. The van der Waals surface area contributed by atoms with Crippen LogP contribution in [0.2, 0.25) is 0 Å². The molecular formula is C24H28N2O4. The largest absolute Gasteiger partial charge is 0.454 e. The Morgan fingerprint density at radius 1 is 0.833 bits per heavy atom. The minimum Gasteiger partial charge on any atom is -0.454 e. The summed E-state index contributed by atoms with van der Waals surface area (Å²) in [5, 5.41) is 5.33. The Kier molecular flexibility index (Phi) is 8.01. The number of benzene rings is 2. The second-order valence-electron chi connectivity index (χ2n) is 7.59. The van der Waals surface area contributed by atoms with Crippen molar-refractivity contribution in [2.45, 2.75) is 32.1 Å². The summed E-state index contributed by atoms with van der Waals surface area (Å²) in [5.41, 5.74) is 2.52. The van der Waals surface area contributed by atoms with Crippen molar-refractivity contribution in [1.82, 2.24) is 10.6 Å². The van der Waals surface area contributed by atoms with Gasteiger partial charge >= 0.3 is 5.97 Å². The Hall–Kier alpha value is -3.15. The number of hydrogen-bond acceptors (Lipinski definition) is 4. The average Bonchev–Trinajstić information content (AvgIpc) is 2.81. The first-order valence-electron chi connectivity index (χ1n) is 10.5. The van der Waals surface area contributed by atoms with Crippen molar-refractivity contribution in [1.29, 1.82) is 0 Å². The predicted molar refractivity (Wildman–Crippen MR) is 115 cm³/mol. The van der Waals surface area contributed by atoms with Gasteiger partial charge in [0.1, 0.15) is 6.54 Å². The van der Waals surface area contributed by atoms with Crippen LogP contribution in [0.1, 0.15) is 42.5 Å². The zero-order valence-corrected chi connectivity index (χ0v) is 17.1. The van der Waals surface area contributed by atoms with Crippen LogP contribution in [0, 0.1) is 5.92 Å². The van der Waals surface area contributed by atoms with E-state index in [4.69, 9.17) is 4.74 Å². The molecule has 0 aromatic heterocycles. The van der Waals surface area contributed by atoms with Crippen molar-refractivity contribution in [3.8, 4) is 11.1 Å². The van der Waals surface area contributed by atoms with E-state index in [0.29, 0.717) is 18.0 Å². The van der Waals surface area contributed by atoms with Gasteiger partial charge in [0.15, 0.2) is 6.61 Å². The molecule has 1 aliphatic rings. The summed E-state index contributed by atoms with van der Waals surface area (Å²) in [6.07, 6.45) is 5.97. The van der Waals surface area contributed by atoms with Gasteiger partial charge in [0.25, 0.3) is 11.8 Å². The van der Waals surface area contributed by atoms with Crippen molar-refractivity contribution in [2.75, 3.05) is 19.7 Å². The van der Waals surface area contributed by atoms with E-state index in [1.807, 2.05) is 42.5 Å². The summed E-state index contributed by atoms with van der Waals surface area (Å²) in [6, 6.07) is 17.0. The zero-order chi connectivity index (χ0) is 21.2. The lowest BCUT2D eigenvalue weighted by Crippen LogP contribution is -2.35. The molecule has 3 rings (SSSR count). The maximum Gasteiger partial charge on any atom is 0.325 e. The molecule has 2 aromatic rings. The summed E-state index contributed by atoms with van der Waals surface area (Å²) in [7, 11) is 0. The second kappa shape index (κ2) is 11.1. The maximum absolute atomic E-state index is 12.2. The SMILES string of the molecule is O=C(COC(=O)CNC(=O)c1ccc(-c2ccccc2)cc1)NCC1CCCCC1. The molecule has 0 radical (unpaired) electrons. The van der Waals surface area contributed by atoms with Gasteiger partial charge in [-0.2, -0.15) is 0 Å². The van der Waals surface area contributed by atoms with Gasteiger partial charge in [-0.05, 0) is 42.0 Å². The van der Waals surface area contributed by atoms with Crippen molar-refractivity contribution >= 4 is 17.8 Å². The van der Waals surface area contributed by atoms with Crippen molar-refractivity contribution in [3.05, 3.63) is 60.2 Å². The monoisotopic (exact) mass is 408 g/mol. The standard InChI is InChI=1S/C24H28N2O4/c27-22(25-15-18-7-3-1-4-8-18)17-30-23(28)16-26-24(29)21-13-11-20(12-14-21)19-9-5-2-6-10-19/h2,5-6,9-14,18H,1,3-4,7-8,15-17H2,(H,25,27)(H,26,29). The number of ether oxygens (including phenoxy) is 1. The molecule has 1 aliphatic carbocycles. The molecule has 30 heavy (non-hydrogen) atoms. The zero-order valence-electron chi connectivity index (χ0n) is 17.1. The Labute approximate surface area is 177 Å². The minimum absolute atomic E-state index is 0.283. The van der Waals surface area contributed by atoms with Gasteiger partial charge in [-0.1, -0.05) is 61.7 Å². The van der Waals surface area contributed by atoms with Crippen LogP contribution in [0.25, 0.3) is 11.1 Å². The summed E-state index contributed by atoms with van der Waals surface area (Å²) < 4.78 is 4.94. The third-order valence-corrected chi connectivity index (χ3v) is 5.32. The summed E-state index contributed by atoms with van der Waals surface area (Å²) >= 11 is 0. The summed E-state index contributed by atoms with van der Waals surface area (Å²) in [6.45, 7) is 0.0223. The molecule has 2 aromatic carbocycles. The molecule has 0 atom stereocenters. The molecule has 0 aliphatic heterocycles. The molecule has 2 N–H and O–H groups in total. The molecule has 2 amide bonds. The quantitative estimate of drug-likeness (QED) is 0.656. The van der Waals surface area contributed by atoms with Crippen LogP contribution in [-0.2, 0) is 14.3 Å². The molecule has 0 bridgehead atoms. The van der Waals surface area contributed by atoms with Crippen molar-refractivity contribution in [2.24, 2.45) is 5.92 Å². The van der Waals surface area contributed by atoms with Crippen LogP contribution in [0.15, 0.2) is 54.6 Å². The number of amides is 2. The van der Waals surface area contributed by atoms with Crippen LogP contribution < -0.4 is 10.6 Å². The number of rotatable bonds is 8. The van der Waals surface area contributed by atoms with Crippen LogP contribution in [-0.4, -0.2) is 37.5 Å². The molecule has 1 fully saturated rings. The van der Waals surface area contributed by atoms with Crippen LogP contribution in [0.4, 0.5) is 0 Å². The van der Waals surface area contributed by atoms with Gasteiger partial charge in [-0.25, -0.2) is 0 Å². The highest BCUT2D eigenvalue weighted by atomic mass is 16.5. The molecule has 158 valence electrons. The third kappa shape index (κ3) is 6.72. The number of esters is 1. The van der Waals surface area contributed by atoms with E-state index in [9.17, 15) is 14.4 Å². The fraction of sp³-hybridized carbons (Fsp3) is 0.375. The maximum atomic E-state index is 12.2. The molecule has 6 heteroatoms. The Morgan fingerprint density at radius 3 is 2.20 bits per heavy atom. The lowest BCUT2D eigenvalue weighted by atomic mass is 9.89. The van der Waals surface area contributed by atoms with E-state index in [1.165, 1.54) is 19.3 Å². The van der Waals surface area contributed by atoms with Gasteiger partial charge in [0.2, 0.25) is 0 Å². The van der Waals surface area contributed by atoms with Crippen LogP contribution in [0.3, 0.4) is 0 Å². The first-order valence-corrected chi connectivity index (χ1v) is 10.5. The highest BCUT2D eigenvalue weighted by molar-refractivity contribution is 5.96. The van der Waals surface area contributed by atoms with E-state index >= 15 is 0 Å². The van der Waals surface area contributed by atoms with Gasteiger partial charge in [-0.3, -0.25) is 14.4 Å². The highest BCUT2D eigenvalue weighted by Gasteiger charge is 2.15. The number of nitrogens with one attached hydrogen (secondary N) is 2. The number of carbonyl (C=O) groups is 3. The van der Waals surface area contributed by atoms with E-state index < -0.39 is 5.97 Å². The summed E-state index contributed by atoms with van der Waals surface area (Å²) in [5.74, 6) is -0.798. The predicted octanol–water partition coefficient (Wildman–Crippen LogP) is 3.32. The van der Waals surface area contributed by atoms with E-state index in [0.717, 1.165) is 24.0 Å². The molecule has 0 heterocycles. The second-order valence-corrected chi connectivity index (χ2v) is 7.59. The number of hydrogen-bond donors (Lipinski definition) is 2. The van der Waals surface area contributed by atoms with Gasteiger partial charge in [0.05, 0.1) is 0 Å². The fourth-order valence-corrected chi connectivity index (χ4v) is 3.60. The minimum atomic E-state index is -0.642. The van der Waals surface area contributed by atoms with Crippen molar-refractivity contribution in [3.63, 3.8) is 0 Å². The normalized spacial score (nSPS) is 14.0. The van der Waals surface area contributed by atoms with Crippen LogP contribution >= 0.6 is 0 Å². The molecule has 0 saturated heterocycles. The molecular weight excluding hydrogens is 380 g/mol. The Bertz CT molecular complexity index is 843. The highest BCUT2D eigenvalue weighted by Crippen LogP contribution is 2.22. The average molecular weight is 408 g/mol. The fourth-order valence-electron chi connectivity index (χ4n) is 3.60. The molecule has 6 nitrogen and oxygen atoms in total. The van der Waals surface area contributed by atoms with E-state index in [-0.39, 0.29) is 25.0 Å². The molecule has 0 unspecified atom stereocenters. The third-order valence-electron chi connectivity index (χ3n) is 5.32. The topological polar surface area (TPSA) is 84.5 Å². The first-order chi connectivity index (χ1) is 14.6. The van der Waals surface area contributed by atoms with Gasteiger partial charge < -0.3 is 15.4 Å². The lowest BCUT2D eigenvalue weighted by Gasteiger charge is -2.21. The lowest BCUT2D eigenvalue weighted by molar-refractivity contribution is -0.147. The van der Waals surface area contributed by atoms with Crippen molar-refractivity contribution < 1.29 is 19.1 Å². The van der Waals surface area contributed by atoms with E-state index in [2.05, 4.69) is 10.6 Å².